The number of primary amides is 1. The maximum Gasteiger partial charge on any atom is 0.320 e. The number of nitrogens with two attached hydrogens (primary N) is 1. The second-order valence-electron chi connectivity index (χ2n) is 6.74. The molecule has 2 fully saturated rings. The van der Waals surface area contributed by atoms with Crippen molar-refractivity contribution in [3.8, 4) is 0 Å². The SMILES string of the molecule is CN1CCN(C(=O)N2CCCC(c3nccn3CC(N)=O)C2)CC1. The van der Waals surface area contributed by atoms with Crippen LogP contribution in [0.4, 0.5) is 4.79 Å². The molecular weight excluding hydrogens is 308 g/mol. The molecule has 3 amide bonds. The molecule has 24 heavy (non-hydrogen) atoms. The Kier molecular flexibility index (Phi) is 5.03. The Morgan fingerprint density at radius 1 is 1.21 bits per heavy atom. The van der Waals surface area contributed by atoms with Crippen LogP contribution in [-0.4, -0.2) is 82.5 Å². The Balaban J connectivity index is 1.65. The summed E-state index contributed by atoms with van der Waals surface area (Å²) in [6.07, 6.45) is 5.40. The van der Waals surface area contributed by atoms with Crippen molar-refractivity contribution in [2.75, 3.05) is 46.3 Å². The van der Waals surface area contributed by atoms with Gasteiger partial charge in [-0.1, -0.05) is 0 Å². The van der Waals surface area contributed by atoms with Gasteiger partial charge < -0.3 is 25.0 Å². The quantitative estimate of drug-likeness (QED) is 0.837. The van der Waals surface area contributed by atoms with Gasteiger partial charge in [-0.3, -0.25) is 4.79 Å². The van der Waals surface area contributed by atoms with Gasteiger partial charge in [0.05, 0.1) is 0 Å². The molecule has 132 valence electrons. The van der Waals surface area contributed by atoms with Crippen LogP contribution < -0.4 is 5.73 Å². The minimum Gasteiger partial charge on any atom is -0.368 e. The molecule has 3 rings (SSSR count). The second-order valence-corrected chi connectivity index (χ2v) is 6.74. The van der Waals surface area contributed by atoms with Gasteiger partial charge in [-0.25, -0.2) is 9.78 Å². The highest BCUT2D eigenvalue weighted by Gasteiger charge is 2.30. The molecule has 2 N–H and O–H groups in total. The number of hydrogen-bond acceptors (Lipinski definition) is 4. The zero-order chi connectivity index (χ0) is 17.1. The number of piperazine rings is 1. The van der Waals surface area contributed by atoms with E-state index in [1.54, 1.807) is 17.0 Å². The van der Waals surface area contributed by atoms with E-state index in [-0.39, 0.29) is 24.4 Å². The normalized spacial score (nSPS) is 22.6. The first-order chi connectivity index (χ1) is 11.5. The van der Waals surface area contributed by atoms with Crippen LogP contribution in [0.25, 0.3) is 0 Å². The van der Waals surface area contributed by atoms with Crippen molar-refractivity contribution >= 4 is 11.9 Å². The summed E-state index contributed by atoms with van der Waals surface area (Å²) in [5.41, 5.74) is 5.30. The predicted molar refractivity (Wildman–Crippen MR) is 89.4 cm³/mol. The molecule has 0 saturated carbocycles. The molecule has 0 bridgehead atoms. The van der Waals surface area contributed by atoms with Gasteiger partial charge in [0.15, 0.2) is 0 Å². The predicted octanol–water partition coefficient (Wildman–Crippen LogP) is -0.0848. The molecular formula is C16H26N6O2. The lowest BCUT2D eigenvalue weighted by atomic mass is 9.97. The highest BCUT2D eigenvalue weighted by Crippen LogP contribution is 2.26. The Bertz CT molecular complexity index is 593. The monoisotopic (exact) mass is 334 g/mol. The van der Waals surface area contributed by atoms with Crippen LogP contribution in [-0.2, 0) is 11.3 Å². The smallest absolute Gasteiger partial charge is 0.320 e. The number of carbonyl (C=O) groups excluding carboxylic acids is 2. The summed E-state index contributed by atoms with van der Waals surface area (Å²) in [6, 6.07) is 0.126. The number of piperidine rings is 1. The van der Waals surface area contributed by atoms with E-state index in [4.69, 9.17) is 5.73 Å². The summed E-state index contributed by atoms with van der Waals surface area (Å²) in [5.74, 6) is 0.629. The molecule has 0 aliphatic carbocycles. The van der Waals surface area contributed by atoms with Crippen LogP contribution in [0.15, 0.2) is 12.4 Å². The summed E-state index contributed by atoms with van der Waals surface area (Å²) < 4.78 is 1.80. The summed E-state index contributed by atoms with van der Waals surface area (Å²) in [5, 5.41) is 0. The number of imidazole rings is 1. The molecule has 1 aromatic rings. The van der Waals surface area contributed by atoms with Gasteiger partial charge >= 0.3 is 6.03 Å². The number of likely N-dealkylation sites (tertiary alicyclic amines) is 1. The molecule has 2 aliphatic heterocycles. The van der Waals surface area contributed by atoms with E-state index in [2.05, 4.69) is 16.9 Å². The Hall–Kier alpha value is -2.09. The molecule has 1 aromatic heterocycles. The Morgan fingerprint density at radius 3 is 2.67 bits per heavy atom. The fraction of sp³-hybridized carbons (Fsp3) is 0.688. The minimum atomic E-state index is -0.379. The fourth-order valence-corrected chi connectivity index (χ4v) is 3.54. The number of hydrogen-bond donors (Lipinski definition) is 1. The van der Waals surface area contributed by atoms with E-state index in [9.17, 15) is 9.59 Å². The second kappa shape index (κ2) is 7.21. The van der Waals surface area contributed by atoms with Gasteiger partial charge in [0.25, 0.3) is 0 Å². The van der Waals surface area contributed by atoms with Gasteiger partial charge in [-0.15, -0.1) is 0 Å². The van der Waals surface area contributed by atoms with Crippen molar-refractivity contribution < 1.29 is 9.59 Å². The van der Waals surface area contributed by atoms with Gasteiger partial charge in [-0.05, 0) is 19.9 Å². The van der Waals surface area contributed by atoms with E-state index in [1.165, 1.54) is 0 Å². The Morgan fingerprint density at radius 2 is 1.96 bits per heavy atom. The topological polar surface area (TPSA) is 87.7 Å². The van der Waals surface area contributed by atoms with Crippen LogP contribution in [0.1, 0.15) is 24.6 Å². The maximum atomic E-state index is 12.8. The number of urea groups is 1. The first-order valence-electron chi connectivity index (χ1n) is 8.56. The molecule has 8 heteroatoms. The summed E-state index contributed by atoms with van der Waals surface area (Å²) in [4.78, 5) is 34.5. The number of carbonyl (C=O) groups is 2. The number of nitrogens with zero attached hydrogens (tertiary/aromatic N) is 5. The van der Waals surface area contributed by atoms with Crippen molar-refractivity contribution in [2.45, 2.75) is 25.3 Å². The number of likely N-dealkylation sites (N-methyl/N-ethyl adjacent to an activating group) is 1. The lowest BCUT2D eigenvalue weighted by molar-refractivity contribution is -0.118. The first kappa shape index (κ1) is 16.8. The lowest BCUT2D eigenvalue weighted by Crippen LogP contribution is -2.53. The third-order valence-corrected chi connectivity index (χ3v) is 4.90. The zero-order valence-electron chi connectivity index (χ0n) is 14.2. The highest BCUT2D eigenvalue weighted by molar-refractivity contribution is 5.75. The molecule has 3 heterocycles. The van der Waals surface area contributed by atoms with E-state index in [0.29, 0.717) is 6.54 Å². The highest BCUT2D eigenvalue weighted by atomic mass is 16.2. The average Bonchev–Trinajstić information content (AvgIpc) is 3.02. The van der Waals surface area contributed by atoms with Gasteiger partial charge in [-0.2, -0.15) is 0 Å². The van der Waals surface area contributed by atoms with Crippen LogP contribution >= 0.6 is 0 Å². The lowest BCUT2D eigenvalue weighted by Gasteiger charge is -2.39. The van der Waals surface area contributed by atoms with Crippen LogP contribution in [0.3, 0.4) is 0 Å². The molecule has 1 unspecified atom stereocenters. The number of amides is 3. The molecule has 0 aromatic carbocycles. The molecule has 8 nitrogen and oxygen atoms in total. The van der Waals surface area contributed by atoms with Crippen molar-refractivity contribution in [3.05, 3.63) is 18.2 Å². The maximum absolute atomic E-state index is 12.8. The molecule has 2 aliphatic rings. The van der Waals surface area contributed by atoms with Gasteiger partial charge in [0.2, 0.25) is 5.91 Å². The molecule has 0 spiro atoms. The van der Waals surface area contributed by atoms with Crippen molar-refractivity contribution in [1.29, 1.82) is 0 Å². The van der Waals surface area contributed by atoms with Gasteiger partial charge in [0, 0.05) is 57.6 Å². The van der Waals surface area contributed by atoms with Gasteiger partial charge in [0.1, 0.15) is 12.4 Å². The molecule has 1 atom stereocenters. The van der Waals surface area contributed by atoms with Crippen LogP contribution in [0.5, 0.6) is 0 Å². The minimum absolute atomic E-state index is 0.126. The van der Waals surface area contributed by atoms with Crippen molar-refractivity contribution in [1.82, 2.24) is 24.3 Å². The number of aromatic nitrogens is 2. The largest absolute Gasteiger partial charge is 0.368 e. The zero-order valence-corrected chi connectivity index (χ0v) is 14.2. The van der Waals surface area contributed by atoms with Crippen molar-refractivity contribution in [2.24, 2.45) is 5.73 Å². The third kappa shape index (κ3) is 3.69. The summed E-state index contributed by atoms with van der Waals surface area (Å²) in [6.45, 7) is 5.00. The standard InChI is InChI=1S/C16H26N6O2/c1-19-7-9-20(10-8-19)16(24)22-5-2-3-13(11-22)15-18-4-6-21(15)12-14(17)23/h4,6,13H,2-3,5,7-12H2,1H3,(H2,17,23). The van der Waals surface area contributed by atoms with Crippen molar-refractivity contribution in [3.63, 3.8) is 0 Å². The van der Waals surface area contributed by atoms with E-state index in [1.807, 2.05) is 9.80 Å². The third-order valence-electron chi connectivity index (χ3n) is 4.90. The fourth-order valence-electron chi connectivity index (χ4n) is 3.54. The average molecular weight is 334 g/mol. The first-order valence-corrected chi connectivity index (χ1v) is 8.56. The molecule has 2 saturated heterocycles. The molecule has 0 radical (unpaired) electrons. The van der Waals surface area contributed by atoms with Crippen LogP contribution in [0, 0.1) is 0 Å². The number of rotatable bonds is 3. The summed E-state index contributed by atoms with van der Waals surface area (Å²) in [7, 11) is 2.08. The van der Waals surface area contributed by atoms with E-state index >= 15 is 0 Å². The van der Waals surface area contributed by atoms with E-state index in [0.717, 1.165) is 51.4 Å². The summed E-state index contributed by atoms with van der Waals surface area (Å²) >= 11 is 0. The Labute approximate surface area is 142 Å². The van der Waals surface area contributed by atoms with E-state index < -0.39 is 0 Å². The van der Waals surface area contributed by atoms with Crippen LogP contribution in [0.2, 0.25) is 0 Å².